The topological polar surface area (TPSA) is 3.88 Å². The van der Waals surface area contributed by atoms with Crippen LogP contribution in [0.3, 0.4) is 0 Å². The average Bonchev–Trinajstić information content (AvgIpc) is 2.56. The molecule has 2 heteroatoms. The molecular formula is C20H17ClN+. The van der Waals surface area contributed by atoms with Crippen molar-refractivity contribution in [3.05, 3.63) is 78.9 Å². The van der Waals surface area contributed by atoms with Crippen LogP contribution in [-0.4, -0.2) is 0 Å². The molecule has 0 saturated heterocycles. The molecular weight excluding hydrogens is 290 g/mol. The van der Waals surface area contributed by atoms with E-state index in [9.17, 15) is 0 Å². The predicted molar refractivity (Wildman–Crippen MR) is 95.3 cm³/mol. The van der Waals surface area contributed by atoms with Crippen LogP contribution in [0.15, 0.2) is 78.9 Å². The van der Waals surface area contributed by atoms with Gasteiger partial charge >= 0.3 is 0 Å². The summed E-state index contributed by atoms with van der Waals surface area (Å²) in [5.74, 6) is 0. The van der Waals surface area contributed by atoms with Crippen molar-refractivity contribution in [1.29, 1.82) is 0 Å². The molecule has 1 aromatic heterocycles. The summed E-state index contributed by atoms with van der Waals surface area (Å²) in [5.41, 5.74) is 5.11. The minimum absolute atomic E-state index is 0. The highest BCUT2D eigenvalue weighted by molar-refractivity contribution is 6.07. The van der Waals surface area contributed by atoms with E-state index in [2.05, 4.69) is 90.5 Å². The Morgan fingerprint density at radius 3 is 1.59 bits per heavy atom. The first kappa shape index (κ1) is 14.6. The number of hydrogen-bond donors (Lipinski definition) is 0. The third-order valence-corrected chi connectivity index (χ3v) is 4.13. The molecule has 0 N–H and O–H groups in total. The zero-order chi connectivity index (χ0) is 14.2. The van der Waals surface area contributed by atoms with Crippen LogP contribution in [0.2, 0.25) is 0 Å². The standard InChI is InChI=1S/C20H16N.ClH/c1-21-18-13-7-5-11-16(18)20(15-9-3-2-4-10-15)17-12-6-8-14-19(17)21;/h2-14H,1H3;1H/q+1;. The van der Waals surface area contributed by atoms with E-state index < -0.39 is 0 Å². The SMILES string of the molecule is C[n+]1c2ccccc2c(-c2ccccc2)c2ccccc21.Cl. The van der Waals surface area contributed by atoms with Crippen LogP contribution in [-0.2, 0) is 7.05 Å². The Kier molecular flexibility index (Phi) is 3.82. The fraction of sp³-hybridized carbons (Fsp3) is 0.0500. The fourth-order valence-corrected chi connectivity index (χ4v) is 3.15. The average molecular weight is 307 g/mol. The quantitative estimate of drug-likeness (QED) is 0.348. The maximum Gasteiger partial charge on any atom is 0.213 e. The zero-order valence-corrected chi connectivity index (χ0v) is 13.2. The third-order valence-electron chi connectivity index (χ3n) is 4.13. The van der Waals surface area contributed by atoms with E-state index in [-0.39, 0.29) is 12.4 Å². The number of halogens is 1. The van der Waals surface area contributed by atoms with Crippen molar-refractivity contribution in [1.82, 2.24) is 0 Å². The second kappa shape index (κ2) is 5.78. The summed E-state index contributed by atoms with van der Waals surface area (Å²) < 4.78 is 2.27. The molecule has 0 fully saturated rings. The highest BCUT2D eigenvalue weighted by Gasteiger charge is 2.17. The molecule has 0 aliphatic carbocycles. The lowest BCUT2D eigenvalue weighted by molar-refractivity contribution is -0.617. The van der Waals surface area contributed by atoms with Crippen LogP contribution in [0.25, 0.3) is 32.9 Å². The van der Waals surface area contributed by atoms with Gasteiger partial charge in [-0.15, -0.1) is 12.4 Å². The number of hydrogen-bond acceptors (Lipinski definition) is 0. The Morgan fingerprint density at radius 1 is 0.591 bits per heavy atom. The summed E-state index contributed by atoms with van der Waals surface area (Å²) in [7, 11) is 2.14. The van der Waals surface area contributed by atoms with Crippen molar-refractivity contribution in [3.8, 4) is 11.1 Å². The van der Waals surface area contributed by atoms with Crippen molar-refractivity contribution in [2.75, 3.05) is 0 Å². The molecule has 0 aliphatic rings. The lowest BCUT2D eigenvalue weighted by Crippen LogP contribution is -2.30. The Balaban J connectivity index is 0.00000144. The number of aromatic nitrogens is 1. The maximum absolute atomic E-state index is 2.27. The second-order valence-electron chi connectivity index (χ2n) is 5.33. The van der Waals surface area contributed by atoms with E-state index in [0.717, 1.165) is 0 Å². The van der Waals surface area contributed by atoms with E-state index in [1.54, 1.807) is 0 Å². The van der Waals surface area contributed by atoms with Gasteiger partial charge in [0.15, 0.2) is 0 Å². The largest absolute Gasteiger partial charge is 0.213 e. The summed E-state index contributed by atoms with van der Waals surface area (Å²) in [5, 5.41) is 2.59. The number of para-hydroxylation sites is 2. The molecule has 22 heavy (non-hydrogen) atoms. The van der Waals surface area contributed by atoms with Gasteiger partial charge < -0.3 is 0 Å². The summed E-state index contributed by atoms with van der Waals surface area (Å²) in [6.45, 7) is 0. The molecule has 1 nitrogen and oxygen atoms in total. The second-order valence-corrected chi connectivity index (χ2v) is 5.33. The van der Waals surface area contributed by atoms with Gasteiger partial charge in [0, 0.05) is 17.7 Å². The molecule has 0 bridgehead atoms. The molecule has 0 spiro atoms. The van der Waals surface area contributed by atoms with Crippen molar-refractivity contribution < 1.29 is 4.57 Å². The minimum Gasteiger partial charge on any atom is -0.194 e. The van der Waals surface area contributed by atoms with Gasteiger partial charge in [-0.2, -0.15) is 4.57 Å². The van der Waals surface area contributed by atoms with Crippen molar-refractivity contribution in [3.63, 3.8) is 0 Å². The van der Waals surface area contributed by atoms with Gasteiger partial charge in [-0.1, -0.05) is 54.6 Å². The highest BCUT2D eigenvalue weighted by Crippen LogP contribution is 2.33. The summed E-state index contributed by atoms with van der Waals surface area (Å²) >= 11 is 0. The van der Waals surface area contributed by atoms with E-state index in [1.807, 2.05) is 0 Å². The van der Waals surface area contributed by atoms with Crippen LogP contribution < -0.4 is 4.57 Å². The lowest BCUT2D eigenvalue weighted by atomic mass is 9.96. The summed E-state index contributed by atoms with van der Waals surface area (Å²) in [6, 6.07) is 27.9. The predicted octanol–water partition coefficient (Wildman–Crippen LogP) is 4.91. The van der Waals surface area contributed by atoms with Gasteiger partial charge in [-0.3, -0.25) is 0 Å². The van der Waals surface area contributed by atoms with Gasteiger partial charge in [-0.05, 0) is 17.7 Å². The molecule has 0 aliphatic heterocycles. The Bertz CT molecular complexity index is 889. The van der Waals surface area contributed by atoms with Crippen LogP contribution in [0.1, 0.15) is 0 Å². The highest BCUT2D eigenvalue weighted by atomic mass is 35.5. The van der Waals surface area contributed by atoms with Gasteiger partial charge in [-0.25, -0.2) is 0 Å². The number of pyridine rings is 1. The van der Waals surface area contributed by atoms with E-state index in [0.29, 0.717) is 0 Å². The number of aryl methyl sites for hydroxylation is 1. The first-order chi connectivity index (χ1) is 10.4. The summed E-state index contributed by atoms with van der Waals surface area (Å²) in [6.07, 6.45) is 0. The normalized spacial score (nSPS) is 10.6. The molecule has 0 atom stereocenters. The first-order valence-electron chi connectivity index (χ1n) is 7.21. The van der Waals surface area contributed by atoms with Gasteiger partial charge in [0.1, 0.15) is 7.05 Å². The van der Waals surface area contributed by atoms with Gasteiger partial charge in [0.05, 0.1) is 10.8 Å². The Labute approximate surface area is 136 Å². The number of nitrogens with zero attached hydrogens (tertiary/aromatic N) is 1. The zero-order valence-electron chi connectivity index (χ0n) is 12.4. The van der Waals surface area contributed by atoms with E-state index >= 15 is 0 Å². The summed E-state index contributed by atoms with van der Waals surface area (Å²) in [4.78, 5) is 0. The van der Waals surface area contributed by atoms with E-state index in [4.69, 9.17) is 0 Å². The van der Waals surface area contributed by atoms with Crippen molar-refractivity contribution >= 4 is 34.2 Å². The molecule has 4 rings (SSSR count). The van der Waals surface area contributed by atoms with Crippen LogP contribution >= 0.6 is 12.4 Å². The van der Waals surface area contributed by atoms with E-state index in [1.165, 1.54) is 32.9 Å². The van der Waals surface area contributed by atoms with Crippen molar-refractivity contribution in [2.45, 2.75) is 0 Å². The number of fused-ring (bicyclic) bond motifs is 2. The van der Waals surface area contributed by atoms with Crippen molar-refractivity contribution in [2.24, 2.45) is 7.05 Å². The van der Waals surface area contributed by atoms with Gasteiger partial charge in [0.25, 0.3) is 0 Å². The van der Waals surface area contributed by atoms with Crippen LogP contribution in [0.5, 0.6) is 0 Å². The third kappa shape index (κ3) is 2.15. The maximum atomic E-state index is 2.27. The molecule has 1 heterocycles. The fourth-order valence-electron chi connectivity index (χ4n) is 3.15. The number of benzene rings is 3. The first-order valence-corrected chi connectivity index (χ1v) is 7.21. The Morgan fingerprint density at radius 2 is 1.05 bits per heavy atom. The van der Waals surface area contributed by atoms with Crippen LogP contribution in [0, 0.1) is 0 Å². The minimum atomic E-state index is 0. The molecule has 108 valence electrons. The molecule has 4 aromatic rings. The molecule has 0 saturated carbocycles. The number of rotatable bonds is 1. The lowest BCUT2D eigenvalue weighted by Gasteiger charge is -2.10. The van der Waals surface area contributed by atoms with Gasteiger partial charge in [0.2, 0.25) is 11.0 Å². The van der Waals surface area contributed by atoms with Crippen LogP contribution in [0.4, 0.5) is 0 Å². The molecule has 0 unspecified atom stereocenters. The molecule has 3 aromatic carbocycles. The Hall–Kier alpha value is -2.38. The molecule has 0 radical (unpaired) electrons. The smallest absolute Gasteiger partial charge is 0.194 e. The molecule has 0 amide bonds. The monoisotopic (exact) mass is 306 g/mol.